The van der Waals surface area contributed by atoms with Gasteiger partial charge in [-0.15, -0.1) is 0 Å². The van der Waals surface area contributed by atoms with Crippen molar-refractivity contribution in [1.29, 1.82) is 0 Å². The molecule has 1 heterocycles. The Labute approximate surface area is 92.4 Å². The van der Waals surface area contributed by atoms with E-state index in [1.165, 1.54) is 12.8 Å². The van der Waals surface area contributed by atoms with Crippen molar-refractivity contribution < 1.29 is 4.79 Å². The molecule has 1 fully saturated rings. The highest BCUT2D eigenvalue weighted by Crippen LogP contribution is 2.05. The van der Waals surface area contributed by atoms with Crippen molar-refractivity contribution in [3.8, 4) is 0 Å². The van der Waals surface area contributed by atoms with Crippen LogP contribution in [0.1, 0.15) is 26.2 Å². The molecule has 1 unspecified atom stereocenters. The molecule has 15 heavy (non-hydrogen) atoms. The molecule has 1 rings (SSSR count). The van der Waals surface area contributed by atoms with Crippen LogP contribution in [-0.4, -0.2) is 50.1 Å². The number of rotatable bonds is 4. The lowest BCUT2D eigenvalue weighted by Crippen LogP contribution is -2.45. The zero-order valence-electron chi connectivity index (χ0n) is 10.0. The number of amides is 1. The van der Waals surface area contributed by atoms with Gasteiger partial charge >= 0.3 is 0 Å². The van der Waals surface area contributed by atoms with Crippen LogP contribution in [0.25, 0.3) is 0 Å². The first-order chi connectivity index (χ1) is 7.09. The number of piperidine rings is 1. The quantitative estimate of drug-likeness (QED) is 0.701. The maximum Gasteiger partial charge on any atom is 0.223 e. The second-order valence-corrected chi connectivity index (χ2v) is 4.58. The summed E-state index contributed by atoms with van der Waals surface area (Å²) in [5, 5.41) is 6.85. The minimum Gasteiger partial charge on any atom is -0.349 e. The average Bonchev–Trinajstić information content (AvgIpc) is 2.18. The summed E-state index contributed by atoms with van der Waals surface area (Å²) in [7, 11) is 3.61. The van der Waals surface area contributed by atoms with E-state index in [-0.39, 0.29) is 11.9 Å². The van der Waals surface area contributed by atoms with Gasteiger partial charge < -0.3 is 15.5 Å². The van der Waals surface area contributed by atoms with Gasteiger partial charge in [-0.2, -0.15) is 0 Å². The standard InChI is InChI=1S/C11H23N3O/c1-9(8-11(15)14(2)3)13-10-4-6-12-7-5-10/h9-10,12-13H,4-8H2,1-3H3. The van der Waals surface area contributed by atoms with E-state index in [2.05, 4.69) is 17.6 Å². The summed E-state index contributed by atoms with van der Waals surface area (Å²) in [6.07, 6.45) is 2.93. The third-order valence-corrected chi connectivity index (χ3v) is 2.84. The molecule has 0 aliphatic carbocycles. The number of carbonyl (C=O) groups is 1. The first-order valence-corrected chi connectivity index (χ1v) is 5.76. The van der Waals surface area contributed by atoms with Gasteiger partial charge in [0, 0.05) is 32.6 Å². The molecule has 1 saturated heterocycles. The number of nitrogens with zero attached hydrogens (tertiary/aromatic N) is 1. The van der Waals surface area contributed by atoms with Crippen molar-refractivity contribution in [2.45, 2.75) is 38.3 Å². The van der Waals surface area contributed by atoms with Crippen molar-refractivity contribution in [3.05, 3.63) is 0 Å². The molecule has 2 N–H and O–H groups in total. The summed E-state index contributed by atoms with van der Waals surface area (Å²) < 4.78 is 0. The van der Waals surface area contributed by atoms with E-state index in [9.17, 15) is 4.79 Å². The minimum atomic E-state index is 0.198. The van der Waals surface area contributed by atoms with Crippen LogP contribution >= 0.6 is 0 Å². The Morgan fingerprint density at radius 3 is 2.60 bits per heavy atom. The average molecular weight is 213 g/mol. The molecule has 0 aromatic heterocycles. The van der Waals surface area contributed by atoms with Gasteiger partial charge in [-0.25, -0.2) is 0 Å². The van der Waals surface area contributed by atoms with E-state index in [1.54, 1.807) is 19.0 Å². The van der Waals surface area contributed by atoms with Crippen LogP contribution in [0.4, 0.5) is 0 Å². The largest absolute Gasteiger partial charge is 0.349 e. The van der Waals surface area contributed by atoms with Gasteiger partial charge in [0.25, 0.3) is 0 Å². The zero-order valence-corrected chi connectivity index (χ0v) is 10.0. The van der Waals surface area contributed by atoms with E-state index >= 15 is 0 Å². The summed E-state index contributed by atoms with van der Waals surface area (Å²) in [6, 6.07) is 0.860. The van der Waals surface area contributed by atoms with E-state index in [0.29, 0.717) is 12.5 Å². The van der Waals surface area contributed by atoms with Crippen LogP contribution in [0.2, 0.25) is 0 Å². The monoisotopic (exact) mass is 213 g/mol. The summed E-state index contributed by atoms with van der Waals surface area (Å²) in [4.78, 5) is 13.1. The zero-order chi connectivity index (χ0) is 11.3. The van der Waals surface area contributed by atoms with E-state index < -0.39 is 0 Å². The predicted octanol–water partition coefficient (Wildman–Crippen LogP) is 0.195. The highest BCUT2D eigenvalue weighted by atomic mass is 16.2. The molecular weight excluding hydrogens is 190 g/mol. The van der Waals surface area contributed by atoms with Crippen LogP contribution in [-0.2, 0) is 4.79 Å². The molecule has 4 nitrogen and oxygen atoms in total. The molecule has 0 bridgehead atoms. The fraction of sp³-hybridized carbons (Fsp3) is 0.909. The third kappa shape index (κ3) is 4.62. The molecule has 1 aliphatic heterocycles. The Hall–Kier alpha value is -0.610. The second-order valence-electron chi connectivity index (χ2n) is 4.58. The molecule has 1 atom stereocenters. The summed E-state index contributed by atoms with van der Waals surface area (Å²) >= 11 is 0. The van der Waals surface area contributed by atoms with Crippen LogP contribution in [0.15, 0.2) is 0 Å². The maximum absolute atomic E-state index is 11.5. The normalized spacial score (nSPS) is 19.9. The van der Waals surface area contributed by atoms with Gasteiger partial charge in [-0.3, -0.25) is 4.79 Å². The minimum absolute atomic E-state index is 0.198. The molecule has 0 spiro atoms. The van der Waals surface area contributed by atoms with Gasteiger partial charge in [0.15, 0.2) is 0 Å². The van der Waals surface area contributed by atoms with Crippen LogP contribution in [0, 0.1) is 0 Å². The van der Waals surface area contributed by atoms with Crippen LogP contribution < -0.4 is 10.6 Å². The predicted molar refractivity (Wildman–Crippen MR) is 61.8 cm³/mol. The highest BCUT2D eigenvalue weighted by molar-refractivity contribution is 5.76. The van der Waals surface area contributed by atoms with Crippen molar-refractivity contribution in [2.75, 3.05) is 27.2 Å². The van der Waals surface area contributed by atoms with E-state index in [4.69, 9.17) is 0 Å². The molecule has 88 valence electrons. The highest BCUT2D eigenvalue weighted by Gasteiger charge is 2.17. The van der Waals surface area contributed by atoms with Gasteiger partial charge in [0.2, 0.25) is 5.91 Å². The molecule has 0 aromatic rings. The van der Waals surface area contributed by atoms with Gasteiger partial charge in [-0.1, -0.05) is 0 Å². The van der Waals surface area contributed by atoms with Crippen molar-refractivity contribution >= 4 is 5.91 Å². The SMILES string of the molecule is CC(CC(=O)N(C)C)NC1CCNCC1. The number of nitrogens with one attached hydrogen (secondary N) is 2. The molecule has 1 amide bonds. The summed E-state index contributed by atoms with van der Waals surface area (Å²) in [6.45, 7) is 4.27. The van der Waals surface area contributed by atoms with Gasteiger partial charge in [0.05, 0.1) is 0 Å². The summed E-state index contributed by atoms with van der Waals surface area (Å²) in [5.41, 5.74) is 0. The lowest BCUT2D eigenvalue weighted by atomic mass is 10.0. The number of hydrogen-bond acceptors (Lipinski definition) is 3. The Morgan fingerprint density at radius 1 is 1.47 bits per heavy atom. The molecule has 0 saturated carbocycles. The topological polar surface area (TPSA) is 44.4 Å². The smallest absolute Gasteiger partial charge is 0.223 e. The maximum atomic E-state index is 11.5. The molecule has 4 heteroatoms. The van der Waals surface area contributed by atoms with E-state index in [1.807, 2.05) is 0 Å². The second kappa shape index (κ2) is 6.08. The molecule has 1 aliphatic rings. The first-order valence-electron chi connectivity index (χ1n) is 5.76. The van der Waals surface area contributed by atoms with Crippen molar-refractivity contribution in [2.24, 2.45) is 0 Å². The fourth-order valence-corrected chi connectivity index (χ4v) is 1.89. The molecular formula is C11H23N3O. The van der Waals surface area contributed by atoms with Gasteiger partial charge in [0.1, 0.15) is 0 Å². The van der Waals surface area contributed by atoms with Crippen LogP contribution in [0.3, 0.4) is 0 Å². The Bertz CT molecular complexity index is 200. The fourth-order valence-electron chi connectivity index (χ4n) is 1.89. The Balaban J connectivity index is 2.22. The molecule has 0 radical (unpaired) electrons. The lowest BCUT2D eigenvalue weighted by molar-refractivity contribution is -0.129. The number of carbonyl (C=O) groups excluding carboxylic acids is 1. The van der Waals surface area contributed by atoms with Crippen molar-refractivity contribution in [3.63, 3.8) is 0 Å². The van der Waals surface area contributed by atoms with E-state index in [0.717, 1.165) is 13.1 Å². The number of hydrogen-bond donors (Lipinski definition) is 2. The Morgan fingerprint density at radius 2 is 2.07 bits per heavy atom. The lowest BCUT2D eigenvalue weighted by Gasteiger charge is -2.27. The Kier molecular flexibility index (Phi) is 5.05. The third-order valence-electron chi connectivity index (χ3n) is 2.84. The molecule has 0 aromatic carbocycles. The first kappa shape index (κ1) is 12.5. The van der Waals surface area contributed by atoms with Crippen molar-refractivity contribution in [1.82, 2.24) is 15.5 Å². The van der Waals surface area contributed by atoms with Gasteiger partial charge in [-0.05, 0) is 32.9 Å². The summed E-state index contributed by atoms with van der Waals surface area (Å²) in [5.74, 6) is 0.198. The van der Waals surface area contributed by atoms with Crippen LogP contribution in [0.5, 0.6) is 0 Å².